The van der Waals surface area contributed by atoms with E-state index in [1.807, 2.05) is 0 Å². The van der Waals surface area contributed by atoms with E-state index in [2.05, 4.69) is 25.5 Å². The fourth-order valence-electron chi connectivity index (χ4n) is 0.394. The van der Waals surface area contributed by atoms with E-state index in [0.29, 0.717) is 0 Å². The van der Waals surface area contributed by atoms with E-state index < -0.39 is 0 Å². The summed E-state index contributed by atoms with van der Waals surface area (Å²) >= 11 is 7.26. The Labute approximate surface area is 73.0 Å². The summed E-state index contributed by atoms with van der Waals surface area (Å²) in [7, 11) is 0. The molecule has 0 aliphatic rings. The summed E-state index contributed by atoms with van der Waals surface area (Å²) in [4.78, 5) is 0. The van der Waals surface area contributed by atoms with E-state index in [9.17, 15) is 0 Å². The van der Waals surface area contributed by atoms with E-state index in [0.717, 1.165) is 18.1 Å². The molecule has 0 aliphatic carbocycles. The Morgan fingerprint density at radius 1 is 1.40 bits per heavy atom. The van der Waals surface area contributed by atoms with Crippen molar-refractivity contribution in [2.45, 2.75) is 32.7 Å². The molecule has 0 aromatic heterocycles. The Morgan fingerprint density at radius 2 is 2.00 bits per heavy atom. The quantitative estimate of drug-likeness (QED) is 0.407. The Bertz CT molecular complexity index is 80.2. The molecule has 0 fully saturated rings. The Morgan fingerprint density at radius 3 is 2.40 bits per heavy atom. The van der Waals surface area contributed by atoms with Crippen LogP contribution < -0.4 is 4.72 Å². The van der Waals surface area contributed by atoms with Crippen LogP contribution in [-0.4, -0.2) is 17.2 Å². The molecule has 0 aromatic carbocycles. The van der Waals surface area contributed by atoms with Gasteiger partial charge in [0.1, 0.15) is 0 Å². The third kappa shape index (κ3) is 8.60. The molecule has 10 heavy (non-hydrogen) atoms. The minimum atomic E-state index is 0.219. The summed E-state index contributed by atoms with van der Waals surface area (Å²) < 4.78 is 3.31. The SMILES string of the molecule is CC(C)(C)NSCCCCl. The van der Waals surface area contributed by atoms with Gasteiger partial charge in [0, 0.05) is 17.2 Å². The van der Waals surface area contributed by atoms with Crippen molar-refractivity contribution in [1.82, 2.24) is 4.72 Å². The standard InChI is InChI=1S/C7H16ClNS/c1-7(2,3)9-10-6-4-5-8/h9H,4-6H2,1-3H3. The summed E-state index contributed by atoms with van der Waals surface area (Å²) in [5.41, 5.74) is 0.219. The molecule has 0 rings (SSSR count). The van der Waals surface area contributed by atoms with Crippen molar-refractivity contribution in [3.8, 4) is 0 Å². The molecule has 0 aliphatic heterocycles. The first-order chi connectivity index (χ1) is 4.56. The molecule has 0 bridgehead atoms. The second-order valence-electron chi connectivity index (χ2n) is 3.24. The van der Waals surface area contributed by atoms with Crippen LogP contribution in [-0.2, 0) is 0 Å². The van der Waals surface area contributed by atoms with Crippen molar-refractivity contribution in [3.63, 3.8) is 0 Å². The van der Waals surface area contributed by atoms with Gasteiger partial charge in [-0.25, -0.2) is 0 Å². The number of hydrogen-bond acceptors (Lipinski definition) is 2. The molecule has 0 spiro atoms. The Hall–Kier alpha value is 0.600. The lowest BCUT2D eigenvalue weighted by Gasteiger charge is -2.18. The first-order valence-electron chi connectivity index (χ1n) is 3.51. The second-order valence-corrected chi connectivity index (χ2v) is 4.52. The van der Waals surface area contributed by atoms with Gasteiger partial charge in [-0.1, -0.05) is 11.9 Å². The molecule has 62 valence electrons. The average Bonchev–Trinajstić information content (AvgIpc) is 1.78. The number of alkyl halides is 1. The van der Waals surface area contributed by atoms with E-state index in [4.69, 9.17) is 11.6 Å². The lowest BCUT2D eigenvalue weighted by molar-refractivity contribution is 0.535. The predicted molar refractivity (Wildman–Crippen MR) is 50.7 cm³/mol. The molecule has 0 heterocycles. The molecule has 3 heteroatoms. The van der Waals surface area contributed by atoms with Crippen LogP contribution in [0.5, 0.6) is 0 Å². The molecule has 0 saturated heterocycles. The third-order valence-corrected chi connectivity index (χ3v) is 2.28. The molecule has 0 amide bonds. The maximum Gasteiger partial charge on any atom is 0.0231 e. The van der Waals surface area contributed by atoms with E-state index in [-0.39, 0.29) is 5.54 Å². The molecule has 1 N–H and O–H groups in total. The zero-order chi connectivity index (χ0) is 8.04. The van der Waals surface area contributed by atoms with Crippen molar-refractivity contribution in [2.75, 3.05) is 11.6 Å². The van der Waals surface area contributed by atoms with Crippen molar-refractivity contribution < 1.29 is 0 Å². The average molecular weight is 182 g/mol. The van der Waals surface area contributed by atoms with Crippen molar-refractivity contribution >= 4 is 23.5 Å². The van der Waals surface area contributed by atoms with Crippen LogP contribution in [0.3, 0.4) is 0 Å². The largest absolute Gasteiger partial charge is 0.259 e. The van der Waals surface area contributed by atoms with E-state index in [1.54, 1.807) is 11.9 Å². The van der Waals surface area contributed by atoms with Crippen LogP contribution in [0, 0.1) is 0 Å². The maximum absolute atomic E-state index is 5.51. The highest BCUT2D eigenvalue weighted by Gasteiger charge is 2.07. The van der Waals surface area contributed by atoms with Gasteiger partial charge in [-0.05, 0) is 27.2 Å². The van der Waals surface area contributed by atoms with Crippen LogP contribution in [0.1, 0.15) is 27.2 Å². The summed E-state index contributed by atoms with van der Waals surface area (Å²) in [5.74, 6) is 1.86. The monoisotopic (exact) mass is 181 g/mol. The fraction of sp³-hybridized carbons (Fsp3) is 1.00. The maximum atomic E-state index is 5.51. The van der Waals surface area contributed by atoms with Crippen molar-refractivity contribution in [2.24, 2.45) is 0 Å². The number of nitrogens with one attached hydrogen (secondary N) is 1. The van der Waals surface area contributed by atoms with E-state index >= 15 is 0 Å². The molecular formula is C7H16ClNS. The number of hydrogen-bond donors (Lipinski definition) is 1. The van der Waals surface area contributed by atoms with Crippen LogP contribution in [0.2, 0.25) is 0 Å². The molecule has 0 aromatic rings. The fourth-order valence-corrected chi connectivity index (χ4v) is 1.51. The highest BCUT2D eigenvalue weighted by Crippen LogP contribution is 2.07. The second kappa shape index (κ2) is 5.28. The molecule has 0 atom stereocenters. The first-order valence-corrected chi connectivity index (χ1v) is 5.03. The first kappa shape index (κ1) is 10.6. The molecule has 0 unspecified atom stereocenters. The van der Waals surface area contributed by atoms with Crippen LogP contribution in [0.4, 0.5) is 0 Å². The Balaban J connectivity index is 3.04. The third-order valence-electron chi connectivity index (χ3n) is 0.758. The minimum Gasteiger partial charge on any atom is -0.259 e. The Kier molecular flexibility index (Phi) is 5.59. The van der Waals surface area contributed by atoms with Gasteiger partial charge in [0.25, 0.3) is 0 Å². The molecule has 0 radical (unpaired) electrons. The zero-order valence-corrected chi connectivity index (χ0v) is 8.48. The van der Waals surface area contributed by atoms with Gasteiger partial charge in [-0.2, -0.15) is 0 Å². The highest BCUT2D eigenvalue weighted by atomic mass is 35.5. The van der Waals surface area contributed by atoms with Gasteiger partial charge in [0.2, 0.25) is 0 Å². The topological polar surface area (TPSA) is 12.0 Å². The van der Waals surface area contributed by atoms with E-state index in [1.165, 1.54) is 0 Å². The van der Waals surface area contributed by atoms with Crippen LogP contribution in [0.25, 0.3) is 0 Å². The van der Waals surface area contributed by atoms with Crippen molar-refractivity contribution in [3.05, 3.63) is 0 Å². The van der Waals surface area contributed by atoms with Gasteiger partial charge in [0.15, 0.2) is 0 Å². The molecule has 1 nitrogen and oxygen atoms in total. The summed E-state index contributed by atoms with van der Waals surface area (Å²) in [5, 5.41) is 0. The summed E-state index contributed by atoms with van der Waals surface area (Å²) in [6.07, 6.45) is 1.08. The number of rotatable bonds is 4. The molecular weight excluding hydrogens is 166 g/mol. The smallest absolute Gasteiger partial charge is 0.0231 e. The van der Waals surface area contributed by atoms with Gasteiger partial charge in [-0.15, -0.1) is 11.6 Å². The zero-order valence-electron chi connectivity index (χ0n) is 6.91. The number of halogens is 1. The predicted octanol–water partition coefficient (Wildman–Crippen LogP) is 2.65. The lowest BCUT2D eigenvalue weighted by Crippen LogP contribution is -2.30. The van der Waals surface area contributed by atoms with Gasteiger partial charge in [0.05, 0.1) is 0 Å². The summed E-state index contributed by atoms with van der Waals surface area (Å²) in [6, 6.07) is 0. The van der Waals surface area contributed by atoms with Gasteiger partial charge in [-0.3, -0.25) is 4.72 Å². The lowest BCUT2D eigenvalue weighted by atomic mass is 10.1. The van der Waals surface area contributed by atoms with Crippen LogP contribution in [0.15, 0.2) is 0 Å². The normalized spacial score (nSPS) is 12.0. The van der Waals surface area contributed by atoms with Crippen molar-refractivity contribution in [1.29, 1.82) is 0 Å². The highest BCUT2D eigenvalue weighted by molar-refractivity contribution is 7.97. The minimum absolute atomic E-state index is 0.219. The van der Waals surface area contributed by atoms with Gasteiger partial charge >= 0.3 is 0 Å². The van der Waals surface area contributed by atoms with Gasteiger partial charge < -0.3 is 0 Å². The van der Waals surface area contributed by atoms with Crippen LogP contribution >= 0.6 is 23.5 Å². The molecule has 0 saturated carbocycles. The summed E-state index contributed by atoms with van der Waals surface area (Å²) in [6.45, 7) is 6.46.